The van der Waals surface area contributed by atoms with Gasteiger partial charge in [0.05, 0.1) is 27.5 Å². The molecule has 27 rings (SSSR count). The Kier molecular flexibility index (Phi) is 13.4. The van der Waals surface area contributed by atoms with Crippen LogP contribution in [0, 0.1) is 0 Å². The molecule has 4 aromatic heterocycles. The fourth-order valence-electron chi connectivity index (χ4n) is 23.6. The third kappa shape index (κ3) is 8.89. The second-order valence-corrected chi connectivity index (χ2v) is 36.4. The molecule has 0 saturated carbocycles. The molecule has 0 unspecified atom stereocenters. The zero-order valence-electron chi connectivity index (χ0n) is 68.4. The number of aromatic nitrogens is 2. The first-order chi connectivity index (χ1) is 59.7. The lowest BCUT2D eigenvalue weighted by atomic mass is 9.70. The molecule has 122 heavy (non-hydrogen) atoms. The Balaban J connectivity index is 0.550. The van der Waals surface area contributed by atoms with Crippen LogP contribution in [0.5, 0.6) is 0 Å². The summed E-state index contributed by atoms with van der Waals surface area (Å²) in [6, 6.07) is 138. The summed E-state index contributed by atoms with van der Waals surface area (Å²) in [6.45, 7) is 14.3. The van der Waals surface area contributed by atoms with Gasteiger partial charge in [0.25, 0.3) is 0 Å². The van der Waals surface area contributed by atoms with Crippen LogP contribution in [0.4, 0.5) is 0 Å². The summed E-state index contributed by atoms with van der Waals surface area (Å²) in [4.78, 5) is 0. The van der Waals surface area contributed by atoms with Gasteiger partial charge in [0.1, 0.15) is 22.3 Å². The van der Waals surface area contributed by atoms with Crippen molar-refractivity contribution in [3.05, 3.63) is 420 Å². The van der Waals surface area contributed by atoms with Gasteiger partial charge in [0.2, 0.25) is 0 Å². The molecule has 4 nitrogen and oxygen atoms in total. The molecule has 0 amide bonds. The maximum absolute atomic E-state index is 7.12. The van der Waals surface area contributed by atoms with Gasteiger partial charge in [0.15, 0.2) is 0 Å². The van der Waals surface area contributed by atoms with Gasteiger partial charge in [-0.15, -0.1) is 0 Å². The highest BCUT2D eigenvalue weighted by Gasteiger charge is 2.52. The maximum Gasteiger partial charge on any atom is 0.143 e. The lowest BCUT2D eigenvalue weighted by molar-refractivity contribution is 0.660. The van der Waals surface area contributed by atoms with E-state index in [9.17, 15) is 0 Å². The third-order valence-electron chi connectivity index (χ3n) is 29.4. The van der Waals surface area contributed by atoms with E-state index in [1.165, 1.54) is 177 Å². The highest BCUT2D eigenvalue weighted by Crippen LogP contribution is 2.65. The number of hydrogen-bond donors (Lipinski definition) is 0. The molecule has 0 N–H and O–H groups in total. The fourth-order valence-corrected chi connectivity index (χ4v) is 23.6. The van der Waals surface area contributed by atoms with Crippen molar-refractivity contribution in [2.45, 2.75) is 63.2 Å². The minimum Gasteiger partial charge on any atom is -0.455 e. The normalized spacial score (nSPS) is 14.7. The smallest absolute Gasteiger partial charge is 0.143 e. The second-order valence-electron chi connectivity index (χ2n) is 36.4. The van der Waals surface area contributed by atoms with E-state index in [1.807, 2.05) is 6.07 Å². The number of rotatable bonds is 7. The Morgan fingerprint density at radius 3 is 1.10 bits per heavy atom. The summed E-state index contributed by atoms with van der Waals surface area (Å²) in [7, 11) is 0. The van der Waals surface area contributed by atoms with Crippen molar-refractivity contribution in [1.29, 1.82) is 0 Å². The fraction of sp³-hybridized carbons (Fsp3) is 0.0847. The highest BCUT2D eigenvalue weighted by molar-refractivity contribution is 6.18. The summed E-state index contributed by atoms with van der Waals surface area (Å²) in [5.74, 6) is 0. The molecular weight excluding hydrogens is 1480 g/mol. The summed E-state index contributed by atoms with van der Waals surface area (Å²) in [5.41, 5.74) is 47.6. The SMILES string of the molecule is CC1(C)c2ccccc2-c2ccc(-c3ccc4c(c3)c3cc5c(cc3n4-c3ccc(-c4cccc6c4oc4cccc(-c7ccc8c(c7)-c7ccc(-c9ccc%10c(c9)c9cc%11c(cc9n%10-c9ccc(-c%10cccc%12c%10oc%10ccccc%10%12)cc9)C9(c%10ccccc%10-c%10ccccc%109)c9ccccc9-%11)cc7C8(C)C)c46)cc3)C(C)(C)c3ccccc3-5)cc21. The first kappa shape index (κ1) is 68.1. The largest absolute Gasteiger partial charge is 0.455 e. The number of nitrogens with zero attached hydrogens (tertiary/aromatic N) is 2. The van der Waals surface area contributed by atoms with Crippen LogP contribution in [0.15, 0.2) is 373 Å². The number of furan rings is 2. The first-order valence-electron chi connectivity index (χ1n) is 43.0. The summed E-state index contributed by atoms with van der Waals surface area (Å²) < 4.78 is 18.8. The van der Waals surface area contributed by atoms with Crippen LogP contribution >= 0.6 is 0 Å². The van der Waals surface area contributed by atoms with Crippen molar-refractivity contribution < 1.29 is 8.83 Å². The van der Waals surface area contributed by atoms with E-state index < -0.39 is 5.41 Å². The van der Waals surface area contributed by atoms with Crippen molar-refractivity contribution in [2.75, 3.05) is 0 Å². The van der Waals surface area contributed by atoms with E-state index in [4.69, 9.17) is 8.83 Å². The molecule has 18 aromatic carbocycles. The van der Waals surface area contributed by atoms with Crippen molar-refractivity contribution in [3.63, 3.8) is 0 Å². The van der Waals surface area contributed by atoms with E-state index >= 15 is 0 Å². The van der Waals surface area contributed by atoms with Gasteiger partial charge in [-0.25, -0.2) is 0 Å². The van der Waals surface area contributed by atoms with Gasteiger partial charge in [-0.05, 0) is 259 Å². The quantitative estimate of drug-likeness (QED) is 0.159. The summed E-state index contributed by atoms with van der Waals surface area (Å²) in [5, 5.41) is 9.42. The summed E-state index contributed by atoms with van der Waals surface area (Å²) >= 11 is 0. The molecule has 0 aliphatic heterocycles. The molecule has 22 aromatic rings. The molecule has 0 fully saturated rings. The van der Waals surface area contributed by atoms with E-state index in [-0.39, 0.29) is 16.2 Å². The zero-order chi connectivity index (χ0) is 80.7. The molecule has 4 heteroatoms. The molecule has 572 valence electrons. The standard InChI is InChI=1S/C118H78N2O2/c1-115(2)96-33-13-7-22-79(96)84-53-44-71(61-102(84)115)69-47-56-106-92(58-69)94-63-90-82-25-8-14-34-97(82)116(3,4)104(90)65-108(94)119(106)74-51-42-68(43-52-74)78-30-20-32-88-112-76(28-21-39-111(112)122-114(78)88)73-46-55-98-89(60-73)85-54-45-72(62-103(85)117(98,5)6)70-48-57-107-93(59-70)95-64-91-83-26-11-17-37-101(83)118(99-35-15-9-23-80(99)81-24-10-16-36-100(81)118)105(91)66-109(95)120(107)75-49-40-67(41-50-75)77-29-19-31-87-86-27-12-18-38-110(86)121-113(77)87/h7-66H,1-6H3. The van der Waals surface area contributed by atoms with Gasteiger partial charge in [-0.3, -0.25) is 0 Å². The molecule has 4 heterocycles. The zero-order valence-corrected chi connectivity index (χ0v) is 68.4. The topological polar surface area (TPSA) is 36.1 Å². The van der Waals surface area contributed by atoms with E-state index in [0.29, 0.717) is 0 Å². The van der Waals surface area contributed by atoms with Gasteiger partial charge >= 0.3 is 0 Å². The third-order valence-corrected chi connectivity index (χ3v) is 29.4. The van der Waals surface area contributed by atoms with Crippen LogP contribution in [0.25, 0.3) is 210 Å². The highest BCUT2D eigenvalue weighted by atomic mass is 16.3. The van der Waals surface area contributed by atoms with Crippen LogP contribution < -0.4 is 0 Å². The van der Waals surface area contributed by atoms with E-state index in [2.05, 4.69) is 409 Å². The molecule has 0 atom stereocenters. The lowest BCUT2D eigenvalue weighted by Gasteiger charge is -2.30. The number of hydrogen-bond acceptors (Lipinski definition) is 2. The van der Waals surface area contributed by atoms with Crippen LogP contribution in [0.2, 0.25) is 0 Å². The van der Waals surface area contributed by atoms with Gasteiger partial charge < -0.3 is 18.0 Å². The molecular formula is C118H78N2O2. The molecule has 5 aliphatic rings. The molecule has 5 aliphatic carbocycles. The average molecular weight is 1560 g/mol. The van der Waals surface area contributed by atoms with Crippen LogP contribution in [0.1, 0.15) is 97.2 Å². The Labute approximate surface area is 706 Å². The number of para-hydroxylation sites is 3. The minimum atomic E-state index is -0.497. The lowest BCUT2D eigenvalue weighted by Crippen LogP contribution is -2.25. The summed E-state index contributed by atoms with van der Waals surface area (Å²) in [6.07, 6.45) is 0. The van der Waals surface area contributed by atoms with Gasteiger partial charge in [-0.2, -0.15) is 0 Å². The van der Waals surface area contributed by atoms with Crippen molar-refractivity contribution in [2.24, 2.45) is 0 Å². The molecule has 1 spiro atoms. The maximum atomic E-state index is 7.12. The Morgan fingerprint density at radius 2 is 0.533 bits per heavy atom. The number of fused-ring (bicyclic) bond motifs is 31. The number of benzene rings is 18. The molecule has 0 saturated heterocycles. The monoisotopic (exact) mass is 1550 g/mol. The average Bonchev–Trinajstić information content (AvgIpc) is 1.50. The van der Waals surface area contributed by atoms with Crippen molar-refractivity contribution in [3.8, 4) is 123 Å². The van der Waals surface area contributed by atoms with E-state index in [1.54, 1.807) is 0 Å². The molecule has 0 radical (unpaired) electrons. The Bertz CT molecular complexity index is 8420. The van der Waals surface area contributed by atoms with Gasteiger partial charge in [0, 0.05) is 81.8 Å². The molecule has 0 bridgehead atoms. The minimum absolute atomic E-state index is 0.0957. The first-order valence-corrected chi connectivity index (χ1v) is 43.0. The van der Waals surface area contributed by atoms with Crippen molar-refractivity contribution >= 4 is 87.5 Å². The van der Waals surface area contributed by atoms with Crippen molar-refractivity contribution in [1.82, 2.24) is 9.13 Å². The van der Waals surface area contributed by atoms with Gasteiger partial charge in [-0.1, -0.05) is 302 Å². The van der Waals surface area contributed by atoms with E-state index in [0.717, 1.165) is 88.6 Å². The van der Waals surface area contributed by atoms with Crippen LogP contribution in [-0.4, -0.2) is 9.13 Å². The predicted molar refractivity (Wildman–Crippen MR) is 506 cm³/mol. The van der Waals surface area contributed by atoms with Crippen LogP contribution in [-0.2, 0) is 21.7 Å². The predicted octanol–water partition coefficient (Wildman–Crippen LogP) is 31.3. The Hall–Kier alpha value is -14.8. The second kappa shape index (κ2) is 24.0. The Morgan fingerprint density at radius 1 is 0.189 bits per heavy atom. The van der Waals surface area contributed by atoms with Crippen LogP contribution in [0.3, 0.4) is 0 Å².